The molecule has 1 aromatic rings. The van der Waals surface area contributed by atoms with Crippen molar-refractivity contribution in [3.63, 3.8) is 0 Å². The molecule has 1 atom stereocenters. The normalized spacial score (nSPS) is 18.3. The molecule has 5 nitrogen and oxygen atoms in total. The molecule has 21 heavy (non-hydrogen) atoms. The van der Waals surface area contributed by atoms with Gasteiger partial charge in [0.2, 0.25) is 10.0 Å². The third kappa shape index (κ3) is 4.85. The van der Waals surface area contributed by atoms with E-state index in [0.29, 0.717) is 18.3 Å². The number of nitrogens with one attached hydrogen (secondary N) is 2. The predicted molar refractivity (Wildman–Crippen MR) is 85.8 cm³/mol. The van der Waals surface area contributed by atoms with Crippen LogP contribution in [0.15, 0.2) is 23.1 Å². The van der Waals surface area contributed by atoms with Crippen molar-refractivity contribution in [2.24, 2.45) is 0 Å². The van der Waals surface area contributed by atoms with Gasteiger partial charge in [-0.1, -0.05) is 0 Å². The highest BCUT2D eigenvalue weighted by Crippen LogP contribution is 2.21. The summed E-state index contributed by atoms with van der Waals surface area (Å²) in [4.78, 5) is 0.287. The van der Waals surface area contributed by atoms with Crippen LogP contribution in [0.4, 0.5) is 0 Å². The number of ether oxygens (including phenoxy) is 1. The Kier molecular flexibility index (Phi) is 6.93. The third-order valence-electron chi connectivity index (χ3n) is 3.62. The maximum absolute atomic E-state index is 12.2. The Balaban J connectivity index is 0.00000220. The Morgan fingerprint density at radius 3 is 2.76 bits per heavy atom. The minimum Gasteiger partial charge on any atom is -0.496 e. The van der Waals surface area contributed by atoms with Crippen LogP contribution in [0, 0.1) is 6.92 Å². The first-order chi connectivity index (χ1) is 9.53. The van der Waals surface area contributed by atoms with Gasteiger partial charge in [0, 0.05) is 12.6 Å². The average Bonchev–Trinajstić information content (AvgIpc) is 2.91. The predicted octanol–water partition coefficient (Wildman–Crippen LogP) is 1.85. The first-order valence-corrected chi connectivity index (χ1v) is 8.39. The second kappa shape index (κ2) is 7.98. The fourth-order valence-electron chi connectivity index (χ4n) is 2.47. The molecule has 0 radical (unpaired) electrons. The Morgan fingerprint density at radius 2 is 2.19 bits per heavy atom. The highest BCUT2D eigenvalue weighted by Gasteiger charge is 2.17. The van der Waals surface area contributed by atoms with Crippen LogP contribution in [0.1, 0.15) is 24.8 Å². The van der Waals surface area contributed by atoms with Gasteiger partial charge in [0.1, 0.15) is 5.75 Å². The van der Waals surface area contributed by atoms with Gasteiger partial charge in [-0.05, 0) is 56.5 Å². The van der Waals surface area contributed by atoms with Crippen molar-refractivity contribution in [3.05, 3.63) is 23.8 Å². The molecule has 1 aliphatic heterocycles. The second-order valence-electron chi connectivity index (χ2n) is 5.11. The van der Waals surface area contributed by atoms with Crippen molar-refractivity contribution in [2.45, 2.75) is 37.1 Å². The summed E-state index contributed by atoms with van der Waals surface area (Å²) < 4.78 is 32.2. The maximum atomic E-state index is 12.2. The Labute approximate surface area is 132 Å². The van der Waals surface area contributed by atoms with Crippen molar-refractivity contribution in [1.82, 2.24) is 10.0 Å². The number of rotatable bonds is 6. The van der Waals surface area contributed by atoms with Crippen LogP contribution in [-0.4, -0.2) is 34.7 Å². The molecule has 120 valence electrons. The largest absolute Gasteiger partial charge is 0.496 e. The van der Waals surface area contributed by atoms with E-state index in [1.54, 1.807) is 25.3 Å². The smallest absolute Gasteiger partial charge is 0.240 e. The zero-order valence-electron chi connectivity index (χ0n) is 12.4. The Bertz CT molecular complexity index is 557. The lowest BCUT2D eigenvalue weighted by Gasteiger charge is -2.12. The first-order valence-electron chi connectivity index (χ1n) is 6.90. The number of halogens is 1. The van der Waals surface area contributed by atoms with E-state index in [1.807, 2.05) is 6.92 Å². The minimum atomic E-state index is -3.43. The first kappa shape index (κ1) is 18.2. The molecule has 1 fully saturated rings. The summed E-state index contributed by atoms with van der Waals surface area (Å²) in [6.07, 6.45) is 3.13. The molecule has 0 aromatic heterocycles. The number of sulfonamides is 1. The van der Waals surface area contributed by atoms with Gasteiger partial charge in [0.25, 0.3) is 0 Å². The van der Waals surface area contributed by atoms with Gasteiger partial charge < -0.3 is 10.1 Å². The number of hydrogen-bond acceptors (Lipinski definition) is 4. The molecule has 2 rings (SSSR count). The van der Waals surface area contributed by atoms with E-state index in [2.05, 4.69) is 10.0 Å². The zero-order chi connectivity index (χ0) is 14.6. The molecule has 0 bridgehead atoms. The van der Waals surface area contributed by atoms with Crippen molar-refractivity contribution in [2.75, 3.05) is 20.2 Å². The van der Waals surface area contributed by atoms with E-state index in [-0.39, 0.29) is 17.3 Å². The van der Waals surface area contributed by atoms with Gasteiger partial charge in [-0.2, -0.15) is 0 Å². The molecule has 1 aliphatic rings. The Hall–Kier alpha value is -0.820. The fraction of sp³-hybridized carbons (Fsp3) is 0.571. The van der Waals surface area contributed by atoms with E-state index >= 15 is 0 Å². The van der Waals surface area contributed by atoms with E-state index in [1.165, 1.54) is 6.42 Å². The standard InChI is InChI=1S/C14H22N2O3S.ClH/c1-11-10-13(5-6-14(11)19-2)20(17,18)16-9-7-12-4-3-8-15-12;/h5-6,10,12,15-16H,3-4,7-9H2,1-2H3;1H/t12-;/m1./s1. The lowest BCUT2D eigenvalue weighted by atomic mass is 10.2. The SMILES string of the molecule is COc1ccc(S(=O)(=O)NCC[C@H]2CCCN2)cc1C.Cl. The molecule has 0 amide bonds. The van der Waals surface area contributed by atoms with Crippen LogP contribution >= 0.6 is 12.4 Å². The van der Waals surface area contributed by atoms with E-state index in [9.17, 15) is 8.42 Å². The molecule has 0 saturated carbocycles. The van der Waals surface area contributed by atoms with Crippen molar-refractivity contribution >= 4 is 22.4 Å². The highest BCUT2D eigenvalue weighted by molar-refractivity contribution is 7.89. The van der Waals surface area contributed by atoms with Crippen LogP contribution in [0.25, 0.3) is 0 Å². The number of aryl methyl sites for hydroxylation is 1. The molecule has 1 saturated heterocycles. The van der Waals surface area contributed by atoms with Crippen molar-refractivity contribution in [1.29, 1.82) is 0 Å². The van der Waals surface area contributed by atoms with Crippen LogP contribution in [0.2, 0.25) is 0 Å². The quantitative estimate of drug-likeness (QED) is 0.833. The second-order valence-corrected chi connectivity index (χ2v) is 6.88. The summed E-state index contributed by atoms with van der Waals surface area (Å²) in [6, 6.07) is 5.33. The minimum absolute atomic E-state index is 0. The van der Waals surface area contributed by atoms with E-state index < -0.39 is 10.0 Å². The number of benzene rings is 1. The number of methoxy groups -OCH3 is 1. The van der Waals surface area contributed by atoms with Gasteiger partial charge in [0.05, 0.1) is 12.0 Å². The molecular formula is C14H23ClN2O3S. The lowest BCUT2D eigenvalue weighted by Crippen LogP contribution is -2.30. The van der Waals surface area contributed by atoms with E-state index in [4.69, 9.17) is 4.74 Å². The zero-order valence-corrected chi connectivity index (χ0v) is 14.0. The maximum Gasteiger partial charge on any atom is 0.240 e. The van der Waals surface area contributed by atoms with Gasteiger partial charge >= 0.3 is 0 Å². The van der Waals surface area contributed by atoms with Crippen LogP contribution in [0.5, 0.6) is 5.75 Å². The third-order valence-corrected chi connectivity index (χ3v) is 5.08. The van der Waals surface area contributed by atoms with Gasteiger partial charge in [-0.15, -0.1) is 12.4 Å². The summed E-state index contributed by atoms with van der Waals surface area (Å²) in [5.74, 6) is 0.694. The van der Waals surface area contributed by atoms with Crippen LogP contribution in [-0.2, 0) is 10.0 Å². The molecule has 1 heterocycles. The lowest BCUT2D eigenvalue weighted by molar-refractivity contribution is 0.411. The summed E-state index contributed by atoms with van der Waals surface area (Å²) in [7, 11) is -1.86. The summed E-state index contributed by atoms with van der Waals surface area (Å²) in [5, 5.41) is 3.36. The number of hydrogen-bond donors (Lipinski definition) is 2. The van der Waals surface area contributed by atoms with Crippen LogP contribution < -0.4 is 14.8 Å². The topological polar surface area (TPSA) is 67.4 Å². The van der Waals surface area contributed by atoms with E-state index in [0.717, 1.165) is 24.9 Å². The monoisotopic (exact) mass is 334 g/mol. The molecule has 2 N–H and O–H groups in total. The molecule has 0 aliphatic carbocycles. The molecule has 0 spiro atoms. The molecule has 0 unspecified atom stereocenters. The Morgan fingerprint density at radius 1 is 1.43 bits per heavy atom. The van der Waals surface area contributed by atoms with Crippen LogP contribution in [0.3, 0.4) is 0 Å². The van der Waals surface area contributed by atoms with Crippen molar-refractivity contribution < 1.29 is 13.2 Å². The molecule has 1 aromatic carbocycles. The molecule has 7 heteroatoms. The van der Waals surface area contributed by atoms with Gasteiger partial charge in [0.15, 0.2) is 0 Å². The van der Waals surface area contributed by atoms with Gasteiger partial charge in [-0.3, -0.25) is 0 Å². The summed E-state index contributed by atoms with van der Waals surface area (Å²) in [5.41, 5.74) is 0.813. The average molecular weight is 335 g/mol. The summed E-state index contributed by atoms with van der Waals surface area (Å²) >= 11 is 0. The fourth-order valence-corrected chi connectivity index (χ4v) is 3.60. The highest BCUT2D eigenvalue weighted by atomic mass is 35.5. The van der Waals surface area contributed by atoms with Crippen molar-refractivity contribution in [3.8, 4) is 5.75 Å². The summed E-state index contributed by atoms with van der Waals surface area (Å²) in [6.45, 7) is 3.33. The van der Waals surface area contributed by atoms with Gasteiger partial charge in [-0.25, -0.2) is 13.1 Å². The molecular weight excluding hydrogens is 312 g/mol.